The normalized spacial score (nSPS) is 24.2. The summed E-state index contributed by atoms with van der Waals surface area (Å²) in [5.74, 6) is 1.07. The Balaban J connectivity index is 1.86. The summed E-state index contributed by atoms with van der Waals surface area (Å²) < 4.78 is 1.99. The Hall–Kier alpha value is -1.94. The van der Waals surface area contributed by atoms with Crippen molar-refractivity contribution in [2.75, 3.05) is 13.1 Å². The van der Waals surface area contributed by atoms with E-state index in [4.69, 9.17) is 0 Å². The molecule has 4 heteroatoms. The minimum atomic E-state index is 0.132. The largest absolute Gasteiger partial charge is 0.316 e. The van der Waals surface area contributed by atoms with E-state index in [-0.39, 0.29) is 5.56 Å². The predicted molar refractivity (Wildman–Crippen MR) is 77.7 cm³/mol. The monoisotopic (exact) mass is 267 g/mol. The predicted octanol–water partition coefficient (Wildman–Crippen LogP) is 1.62. The summed E-state index contributed by atoms with van der Waals surface area (Å²) in [7, 11) is 0. The van der Waals surface area contributed by atoms with Crippen LogP contribution in [0.1, 0.15) is 18.0 Å². The van der Waals surface area contributed by atoms with Gasteiger partial charge >= 0.3 is 0 Å². The van der Waals surface area contributed by atoms with Crippen LogP contribution in [0.5, 0.6) is 0 Å². The summed E-state index contributed by atoms with van der Waals surface area (Å²) in [6, 6.07) is 7.90. The lowest BCUT2D eigenvalue weighted by Crippen LogP contribution is -2.45. The Bertz CT molecular complexity index is 693. The van der Waals surface area contributed by atoms with E-state index in [2.05, 4.69) is 16.4 Å². The van der Waals surface area contributed by atoms with Crippen LogP contribution in [0.3, 0.4) is 0 Å². The van der Waals surface area contributed by atoms with Crippen molar-refractivity contribution in [3.05, 3.63) is 52.7 Å². The maximum Gasteiger partial charge on any atom is 0.258 e. The Morgan fingerprint density at radius 1 is 1.25 bits per heavy atom. The first-order valence-electron chi connectivity index (χ1n) is 7.18. The van der Waals surface area contributed by atoms with Gasteiger partial charge in [-0.2, -0.15) is 0 Å². The molecule has 4 rings (SSSR count). The Morgan fingerprint density at radius 3 is 3.05 bits per heavy atom. The second-order valence-electron chi connectivity index (χ2n) is 5.79. The van der Waals surface area contributed by atoms with E-state index in [0.717, 1.165) is 30.8 Å². The fourth-order valence-electron chi connectivity index (χ4n) is 3.53. The van der Waals surface area contributed by atoms with E-state index in [9.17, 15) is 4.79 Å². The van der Waals surface area contributed by atoms with Gasteiger partial charge in [0.2, 0.25) is 0 Å². The quantitative estimate of drug-likeness (QED) is 0.854. The maximum absolute atomic E-state index is 12.8. The van der Waals surface area contributed by atoms with Gasteiger partial charge in [-0.05, 0) is 37.1 Å². The van der Waals surface area contributed by atoms with E-state index in [1.807, 2.05) is 22.8 Å². The number of fused-ring (bicyclic) bond motifs is 4. The van der Waals surface area contributed by atoms with Gasteiger partial charge in [0, 0.05) is 48.2 Å². The highest BCUT2D eigenvalue weighted by molar-refractivity contribution is 5.61. The van der Waals surface area contributed by atoms with Crippen LogP contribution in [-0.2, 0) is 6.54 Å². The van der Waals surface area contributed by atoms with Crippen molar-refractivity contribution in [2.24, 2.45) is 5.92 Å². The number of hydrogen-bond donors (Lipinski definition) is 1. The van der Waals surface area contributed by atoms with Crippen molar-refractivity contribution in [3.8, 4) is 11.1 Å². The second-order valence-corrected chi connectivity index (χ2v) is 5.79. The van der Waals surface area contributed by atoms with Crippen LogP contribution < -0.4 is 10.9 Å². The molecule has 2 atom stereocenters. The topological polar surface area (TPSA) is 46.9 Å². The Morgan fingerprint density at radius 2 is 2.20 bits per heavy atom. The first-order valence-corrected chi connectivity index (χ1v) is 7.18. The second kappa shape index (κ2) is 4.56. The van der Waals surface area contributed by atoms with Gasteiger partial charge in [0.25, 0.3) is 5.56 Å². The lowest BCUT2D eigenvalue weighted by Gasteiger charge is -2.37. The van der Waals surface area contributed by atoms with E-state index in [0.29, 0.717) is 11.8 Å². The average molecular weight is 267 g/mol. The fourth-order valence-corrected chi connectivity index (χ4v) is 3.53. The molecular weight excluding hydrogens is 250 g/mol. The average Bonchev–Trinajstić information content (AvgIpc) is 2.50. The molecule has 2 aromatic heterocycles. The molecule has 2 aromatic rings. The van der Waals surface area contributed by atoms with Gasteiger partial charge in [-0.25, -0.2) is 0 Å². The molecular formula is C16H17N3O. The van der Waals surface area contributed by atoms with Gasteiger partial charge in [-0.1, -0.05) is 6.07 Å². The van der Waals surface area contributed by atoms with Crippen molar-refractivity contribution in [2.45, 2.75) is 18.9 Å². The van der Waals surface area contributed by atoms with Gasteiger partial charge in [0.1, 0.15) is 0 Å². The van der Waals surface area contributed by atoms with Crippen LogP contribution in [0.2, 0.25) is 0 Å². The number of nitrogens with one attached hydrogen (secondary N) is 1. The van der Waals surface area contributed by atoms with E-state index >= 15 is 0 Å². The number of aromatic nitrogens is 2. The Labute approximate surface area is 117 Å². The minimum absolute atomic E-state index is 0.132. The zero-order valence-corrected chi connectivity index (χ0v) is 11.2. The van der Waals surface area contributed by atoms with E-state index in [1.165, 1.54) is 12.1 Å². The molecule has 0 spiro atoms. The van der Waals surface area contributed by atoms with Gasteiger partial charge < -0.3 is 9.88 Å². The number of piperidine rings is 1. The molecule has 2 aliphatic rings. The van der Waals surface area contributed by atoms with Crippen molar-refractivity contribution in [1.82, 2.24) is 14.9 Å². The molecule has 0 aromatic carbocycles. The summed E-state index contributed by atoms with van der Waals surface area (Å²) in [6.45, 7) is 2.85. The highest BCUT2D eigenvalue weighted by atomic mass is 16.1. The van der Waals surface area contributed by atoms with Crippen LogP contribution in [0.4, 0.5) is 0 Å². The molecule has 2 aliphatic heterocycles. The summed E-state index contributed by atoms with van der Waals surface area (Å²) in [6.07, 6.45) is 4.70. The molecule has 0 aliphatic carbocycles. The molecule has 2 bridgehead atoms. The number of rotatable bonds is 1. The van der Waals surface area contributed by atoms with Crippen molar-refractivity contribution in [3.63, 3.8) is 0 Å². The highest BCUT2D eigenvalue weighted by Gasteiger charge is 2.31. The molecule has 1 N–H and O–H groups in total. The van der Waals surface area contributed by atoms with Crippen molar-refractivity contribution >= 4 is 0 Å². The van der Waals surface area contributed by atoms with Crippen molar-refractivity contribution in [1.29, 1.82) is 0 Å². The van der Waals surface area contributed by atoms with Crippen LogP contribution in [-0.4, -0.2) is 22.6 Å². The first kappa shape index (κ1) is 11.9. The zero-order valence-electron chi connectivity index (χ0n) is 11.2. The maximum atomic E-state index is 12.8. The zero-order chi connectivity index (χ0) is 13.5. The van der Waals surface area contributed by atoms with Crippen LogP contribution in [0, 0.1) is 5.92 Å². The van der Waals surface area contributed by atoms with Gasteiger partial charge in [0.15, 0.2) is 0 Å². The molecule has 102 valence electrons. The van der Waals surface area contributed by atoms with Crippen LogP contribution in [0.25, 0.3) is 11.1 Å². The Kier molecular flexibility index (Phi) is 2.70. The molecule has 1 saturated heterocycles. The highest BCUT2D eigenvalue weighted by Crippen LogP contribution is 2.32. The fraction of sp³-hybridized carbons (Fsp3) is 0.375. The van der Waals surface area contributed by atoms with E-state index < -0.39 is 0 Å². The molecule has 1 fully saturated rings. The minimum Gasteiger partial charge on any atom is -0.316 e. The lowest BCUT2D eigenvalue weighted by molar-refractivity contribution is 0.257. The van der Waals surface area contributed by atoms with Gasteiger partial charge in [0.05, 0.1) is 0 Å². The van der Waals surface area contributed by atoms with Crippen molar-refractivity contribution < 1.29 is 0 Å². The number of nitrogens with zero attached hydrogens (tertiary/aromatic N) is 2. The summed E-state index contributed by atoms with van der Waals surface area (Å²) in [5.41, 5.74) is 2.98. The SMILES string of the molecule is O=c1c(-c2cccnc2)ccc2n1C[C@@H]1CNC[C@H]2C1. The van der Waals surface area contributed by atoms with Gasteiger partial charge in [-0.15, -0.1) is 0 Å². The first-order chi connectivity index (χ1) is 9.83. The van der Waals surface area contributed by atoms with Crippen LogP contribution in [0.15, 0.2) is 41.5 Å². The summed E-state index contributed by atoms with van der Waals surface area (Å²) >= 11 is 0. The van der Waals surface area contributed by atoms with Crippen LogP contribution >= 0.6 is 0 Å². The smallest absolute Gasteiger partial charge is 0.258 e. The third-order valence-electron chi connectivity index (χ3n) is 4.48. The molecule has 20 heavy (non-hydrogen) atoms. The third kappa shape index (κ3) is 1.79. The molecule has 4 heterocycles. The standard InChI is InChI=1S/C16H17N3O/c20-16-14(12-2-1-5-17-8-12)3-4-15-13-6-11(7-18-9-13)10-19(15)16/h1-5,8,11,13,18H,6-7,9-10H2/t11-,13+/m0/s1. The molecule has 0 saturated carbocycles. The molecule has 0 radical (unpaired) electrons. The molecule has 0 unspecified atom stereocenters. The number of hydrogen-bond acceptors (Lipinski definition) is 3. The molecule has 4 nitrogen and oxygen atoms in total. The summed E-state index contributed by atoms with van der Waals surface area (Å²) in [4.78, 5) is 16.9. The molecule has 0 amide bonds. The lowest BCUT2D eigenvalue weighted by atomic mass is 9.84. The summed E-state index contributed by atoms with van der Waals surface area (Å²) in [5, 5.41) is 3.47. The number of pyridine rings is 2. The van der Waals surface area contributed by atoms with E-state index in [1.54, 1.807) is 12.4 Å². The third-order valence-corrected chi connectivity index (χ3v) is 4.48. The van der Waals surface area contributed by atoms with Gasteiger partial charge in [-0.3, -0.25) is 9.78 Å².